The number of carbonyl (C=O) groups is 1. The molecule has 20 heavy (non-hydrogen) atoms. The van der Waals surface area contributed by atoms with Gasteiger partial charge in [0.05, 0.1) is 6.42 Å². The zero-order valence-corrected chi connectivity index (χ0v) is 13.1. The molecule has 114 valence electrons. The van der Waals surface area contributed by atoms with Gasteiger partial charge in [-0.1, -0.05) is 26.0 Å². The molecule has 0 aromatic heterocycles. The zero-order valence-electron chi connectivity index (χ0n) is 12.3. The van der Waals surface area contributed by atoms with E-state index in [-0.39, 0.29) is 36.6 Å². The molecule has 0 heterocycles. The average Bonchev–Trinajstić information content (AvgIpc) is 2.35. The number of rotatable bonds is 6. The summed E-state index contributed by atoms with van der Waals surface area (Å²) in [5.41, 5.74) is 6.65. The summed E-state index contributed by atoms with van der Waals surface area (Å²) in [5.74, 6) is 0.0862. The molecule has 1 aromatic carbocycles. The van der Waals surface area contributed by atoms with Gasteiger partial charge in [0.2, 0.25) is 5.91 Å². The van der Waals surface area contributed by atoms with Crippen LogP contribution in [0.25, 0.3) is 0 Å². The molecule has 1 amide bonds. The molecule has 1 unspecified atom stereocenters. The summed E-state index contributed by atoms with van der Waals surface area (Å²) >= 11 is 0. The highest BCUT2D eigenvalue weighted by atomic mass is 35.5. The first kappa shape index (κ1) is 18.9. The van der Waals surface area contributed by atoms with Crippen molar-refractivity contribution in [3.63, 3.8) is 0 Å². The Labute approximate surface area is 126 Å². The van der Waals surface area contributed by atoms with E-state index in [1.165, 1.54) is 12.1 Å². The molecule has 0 radical (unpaired) electrons. The Bertz CT molecular complexity index is 426. The van der Waals surface area contributed by atoms with Crippen molar-refractivity contribution in [2.45, 2.75) is 32.7 Å². The third kappa shape index (κ3) is 6.35. The lowest BCUT2D eigenvalue weighted by atomic mass is 10.0. The first-order valence-corrected chi connectivity index (χ1v) is 6.64. The Morgan fingerprint density at radius 2 is 2.05 bits per heavy atom. The first-order valence-electron chi connectivity index (χ1n) is 6.64. The Morgan fingerprint density at radius 3 is 2.60 bits per heavy atom. The molecule has 1 atom stereocenters. The molecule has 2 N–H and O–H groups in total. The van der Waals surface area contributed by atoms with Crippen LogP contribution in [0.1, 0.15) is 25.8 Å². The van der Waals surface area contributed by atoms with Gasteiger partial charge >= 0.3 is 0 Å². The van der Waals surface area contributed by atoms with Crippen LogP contribution in [0.15, 0.2) is 24.3 Å². The van der Waals surface area contributed by atoms with E-state index in [2.05, 4.69) is 13.8 Å². The average molecular weight is 303 g/mol. The molecule has 0 saturated carbocycles. The molecule has 1 rings (SSSR count). The van der Waals surface area contributed by atoms with E-state index in [1.54, 1.807) is 24.1 Å². The van der Waals surface area contributed by atoms with E-state index in [4.69, 9.17) is 5.73 Å². The fourth-order valence-electron chi connectivity index (χ4n) is 1.76. The highest BCUT2D eigenvalue weighted by molar-refractivity contribution is 5.85. The third-order valence-electron chi connectivity index (χ3n) is 3.32. The van der Waals surface area contributed by atoms with Crippen molar-refractivity contribution in [3.05, 3.63) is 35.6 Å². The molecule has 0 fully saturated rings. The van der Waals surface area contributed by atoms with Crippen molar-refractivity contribution in [1.82, 2.24) is 4.90 Å². The van der Waals surface area contributed by atoms with E-state index in [0.717, 1.165) is 6.42 Å². The van der Waals surface area contributed by atoms with Crippen LogP contribution in [-0.2, 0) is 11.2 Å². The van der Waals surface area contributed by atoms with Crippen molar-refractivity contribution in [2.75, 3.05) is 13.6 Å². The first-order chi connectivity index (χ1) is 8.90. The van der Waals surface area contributed by atoms with Crippen LogP contribution in [0.2, 0.25) is 0 Å². The van der Waals surface area contributed by atoms with Crippen LogP contribution < -0.4 is 5.73 Å². The normalized spacial score (nSPS) is 11.9. The summed E-state index contributed by atoms with van der Waals surface area (Å²) in [6.07, 6.45) is 1.01. The second kappa shape index (κ2) is 8.93. The molecule has 3 nitrogen and oxygen atoms in total. The third-order valence-corrected chi connectivity index (χ3v) is 3.32. The van der Waals surface area contributed by atoms with Crippen LogP contribution in [0.3, 0.4) is 0 Å². The topological polar surface area (TPSA) is 46.3 Å². The molecule has 0 aliphatic carbocycles. The summed E-state index contributed by atoms with van der Waals surface area (Å²) < 4.78 is 13.0. The van der Waals surface area contributed by atoms with E-state index < -0.39 is 0 Å². The Morgan fingerprint density at radius 1 is 1.40 bits per heavy atom. The molecule has 5 heteroatoms. The Kier molecular flexibility index (Phi) is 8.42. The predicted molar refractivity (Wildman–Crippen MR) is 82.4 cm³/mol. The molecule has 0 aliphatic rings. The van der Waals surface area contributed by atoms with Gasteiger partial charge in [-0.05, 0) is 30.0 Å². The van der Waals surface area contributed by atoms with Crippen LogP contribution >= 0.6 is 12.4 Å². The highest BCUT2D eigenvalue weighted by Gasteiger charge is 2.13. The minimum absolute atomic E-state index is 0. The summed E-state index contributed by atoms with van der Waals surface area (Å²) in [6, 6.07) is 6.25. The van der Waals surface area contributed by atoms with Crippen LogP contribution in [0.5, 0.6) is 0 Å². The van der Waals surface area contributed by atoms with Crippen molar-refractivity contribution >= 4 is 18.3 Å². The predicted octanol–water partition coefficient (Wildman–Crippen LogP) is 2.62. The number of carbonyl (C=O) groups excluding carboxylic acids is 1. The van der Waals surface area contributed by atoms with Gasteiger partial charge in [0.15, 0.2) is 0 Å². The van der Waals surface area contributed by atoms with Crippen molar-refractivity contribution in [1.29, 1.82) is 0 Å². The number of hydrogen-bond donors (Lipinski definition) is 1. The Balaban J connectivity index is 0.00000361. The number of hydrogen-bond acceptors (Lipinski definition) is 2. The maximum Gasteiger partial charge on any atom is 0.226 e. The monoisotopic (exact) mass is 302 g/mol. The lowest BCUT2D eigenvalue weighted by molar-refractivity contribution is -0.129. The molecular weight excluding hydrogens is 279 g/mol. The van der Waals surface area contributed by atoms with Crippen molar-refractivity contribution < 1.29 is 9.18 Å². The molecule has 1 aromatic rings. The smallest absolute Gasteiger partial charge is 0.226 e. The van der Waals surface area contributed by atoms with Crippen molar-refractivity contribution in [3.8, 4) is 0 Å². The van der Waals surface area contributed by atoms with E-state index in [0.29, 0.717) is 18.0 Å². The number of nitrogens with zero attached hydrogens (tertiary/aromatic N) is 1. The summed E-state index contributed by atoms with van der Waals surface area (Å²) in [7, 11) is 1.76. The van der Waals surface area contributed by atoms with Crippen LogP contribution in [-0.4, -0.2) is 30.4 Å². The molecular formula is C15H24ClFN2O. The van der Waals surface area contributed by atoms with E-state index >= 15 is 0 Å². The number of likely N-dealkylation sites (N-methyl/N-ethyl adjacent to an activating group) is 1. The van der Waals surface area contributed by atoms with Gasteiger partial charge < -0.3 is 10.6 Å². The number of amides is 1. The lowest BCUT2D eigenvalue weighted by Crippen LogP contribution is -2.35. The number of halogens is 2. The van der Waals surface area contributed by atoms with E-state index in [9.17, 15) is 9.18 Å². The zero-order chi connectivity index (χ0) is 14.4. The van der Waals surface area contributed by atoms with Crippen molar-refractivity contribution in [2.24, 2.45) is 11.7 Å². The number of benzene rings is 1. The van der Waals surface area contributed by atoms with Gasteiger partial charge in [-0.3, -0.25) is 4.79 Å². The fourth-order valence-corrected chi connectivity index (χ4v) is 1.76. The summed E-state index contributed by atoms with van der Waals surface area (Å²) in [6.45, 7) is 4.77. The summed E-state index contributed by atoms with van der Waals surface area (Å²) in [5, 5.41) is 0. The SMILES string of the molecule is CC(C)C(N)CCN(C)C(=O)Cc1cccc(F)c1.Cl. The Hall–Kier alpha value is -1.13. The number of nitrogens with two attached hydrogens (primary N) is 1. The minimum atomic E-state index is -0.310. The van der Waals surface area contributed by atoms with Gasteiger partial charge in [0, 0.05) is 19.6 Å². The maximum atomic E-state index is 13.0. The van der Waals surface area contributed by atoms with Gasteiger partial charge in [-0.2, -0.15) is 0 Å². The largest absolute Gasteiger partial charge is 0.345 e. The quantitative estimate of drug-likeness (QED) is 0.878. The maximum absolute atomic E-state index is 13.0. The van der Waals surface area contributed by atoms with E-state index in [1.807, 2.05) is 0 Å². The highest BCUT2D eigenvalue weighted by Crippen LogP contribution is 2.07. The lowest BCUT2D eigenvalue weighted by Gasteiger charge is -2.21. The van der Waals surface area contributed by atoms with Gasteiger partial charge in [0.1, 0.15) is 5.82 Å². The second-order valence-electron chi connectivity index (χ2n) is 5.32. The second-order valence-corrected chi connectivity index (χ2v) is 5.32. The van der Waals surface area contributed by atoms with Crippen LogP contribution in [0.4, 0.5) is 4.39 Å². The minimum Gasteiger partial charge on any atom is -0.345 e. The molecule has 0 bridgehead atoms. The summed E-state index contributed by atoms with van der Waals surface area (Å²) in [4.78, 5) is 13.6. The van der Waals surface area contributed by atoms with Gasteiger partial charge in [-0.25, -0.2) is 4.39 Å². The van der Waals surface area contributed by atoms with Gasteiger partial charge in [0.25, 0.3) is 0 Å². The standard InChI is InChI=1S/C15H23FN2O.ClH/c1-11(2)14(17)7-8-18(3)15(19)10-12-5-4-6-13(16)9-12;/h4-6,9,11,14H,7-8,10,17H2,1-3H3;1H. The van der Waals surface area contributed by atoms with Crippen LogP contribution in [0, 0.1) is 11.7 Å². The fraction of sp³-hybridized carbons (Fsp3) is 0.533. The molecule has 0 aliphatic heterocycles. The van der Waals surface area contributed by atoms with Gasteiger partial charge in [-0.15, -0.1) is 12.4 Å². The molecule has 0 saturated heterocycles. The molecule has 0 spiro atoms.